The number of aromatic amines is 1. The van der Waals surface area contributed by atoms with Crippen LogP contribution in [0.15, 0.2) is 47.4 Å². The number of aryl methyl sites for hydroxylation is 2. The molecule has 0 aliphatic carbocycles. The molecule has 1 heterocycles. The molecule has 0 radical (unpaired) electrons. The normalized spacial score (nSPS) is 12.8. The van der Waals surface area contributed by atoms with Gasteiger partial charge in [0.15, 0.2) is 0 Å². The molecule has 1 atom stereocenters. The van der Waals surface area contributed by atoms with Crippen LogP contribution in [0.5, 0.6) is 0 Å². The van der Waals surface area contributed by atoms with E-state index < -0.39 is 10.0 Å². The summed E-state index contributed by atoms with van der Waals surface area (Å²) in [5.74, 6) is 0.404. The van der Waals surface area contributed by atoms with Gasteiger partial charge in [-0.25, -0.2) is 18.1 Å². The molecule has 1 amide bonds. The number of hydrogen-bond donors (Lipinski definition) is 3. The van der Waals surface area contributed by atoms with Gasteiger partial charge in [0, 0.05) is 13.0 Å². The number of para-hydroxylation sites is 2. The second-order valence-corrected chi connectivity index (χ2v) is 8.58. The molecule has 3 rings (SSSR count). The molecule has 1 aromatic heterocycles. The summed E-state index contributed by atoms with van der Waals surface area (Å²) >= 11 is 0. The molecule has 0 saturated heterocycles. The average Bonchev–Trinajstić information content (AvgIpc) is 3.05. The highest BCUT2D eigenvalue weighted by molar-refractivity contribution is 7.89. The zero-order valence-corrected chi connectivity index (χ0v) is 16.9. The topological polar surface area (TPSA) is 104 Å². The second kappa shape index (κ2) is 8.12. The standard InChI is InChI=1S/C20H24N4O3S/c1-13-8-9-18(14(2)12-13)28(26,27)21-11-10-19(25)22-15(3)20-23-16-6-4-5-7-17(16)24-20/h4-9,12,15,21H,10-11H2,1-3H3,(H,22,25)(H,23,24). The summed E-state index contributed by atoms with van der Waals surface area (Å²) in [6.45, 7) is 5.51. The first-order valence-corrected chi connectivity index (χ1v) is 10.6. The summed E-state index contributed by atoms with van der Waals surface area (Å²) in [7, 11) is -3.65. The minimum atomic E-state index is -3.65. The highest BCUT2D eigenvalue weighted by Crippen LogP contribution is 2.17. The van der Waals surface area contributed by atoms with Crippen molar-refractivity contribution in [1.82, 2.24) is 20.0 Å². The summed E-state index contributed by atoms with van der Waals surface area (Å²) in [5, 5.41) is 2.83. The van der Waals surface area contributed by atoms with Gasteiger partial charge in [-0.1, -0.05) is 29.8 Å². The summed E-state index contributed by atoms with van der Waals surface area (Å²) in [5.41, 5.74) is 3.41. The number of fused-ring (bicyclic) bond motifs is 1. The molecule has 0 aliphatic rings. The van der Waals surface area contributed by atoms with Gasteiger partial charge < -0.3 is 10.3 Å². The van der Waals surface area contributed by atoms with Gasteiger partial charge in [-0.05, 0) is 44.5 Å². The van der Waals surface area contributed by atoms with E-state index in [4.69, 9.17) is 0 Å². The van der Waals surface area contributed by atoms with Gasteiger partial charge >= 0.3 is 0 Å². The zero-order chi connectivity index (χ0) is 20.3. The molecule has 2 aromatic carbocycles. The Balaban J connectivity index is 1.55. The van der Waals surface area contributed by atoms with Gasteiger partial charge in [0.2, 0.25) is 15.9 Å². The molecule has 0 bridgehead atoms. The predicted molar refractivity (Wildman–Crippen MR) is 108 cm³/mol. The molecule has 0 spiro atoms. The Kier molecular flexibility index (Phi) is 5.81. The van der Waals surface area contributed by atoms with E-state index >= 15 is 0 Å². The molecule has 0 saturated carbocycles. The lowest BCUT2D eigenvalue weighted by Gasteiger charge is -2.12. The van der Waals surface area contributed by atoms with Crippen molar-refractivity contribution in [3.8, 4) is 0 Å². The summed E-state index contributed by atoms with van der Waals surface area (Å²) in [4.78, 5) is 20.1. The van der Waals surface area contributed by atoms with Gasteiger partial charge in [-0.3, -0.25) is 4.79 Å². The lowest BCUT2D eigenvalue weighted by atomic mass is 10.2. The fourth-order valence-electron chi connectivity index (χ4n) is 3.04. The first-order chi connectivity index (χ1) is 13.3. The summed E-state index contributed by atoms with van der Waals surface area (Å²) in [6.07, 6.45) is 0.0364. The van der Waals surface area contributed by atoms with Gasteiger partial charge in [-0.15, -0.1) is 0 Å². The summed E-state index contributed by atoms with van der Waals surface area (Å²) < 4.78 is 27.4. The van der Waals surface area contributed by atoms with Crippen molar-refractivity contribution < 1.29 is 13.2 Å². The largest absolute Gasteiger partial charge is 0.346 e. The molecule has 3 N–H and O–H groups in total. The monoisotopic (exact) mass is 400 g/mol. The molecule has 8 heteroatoms. The molecule has 148 valence electrons. The van der Waals surface area contributed by atoms with Crippen LogP contribution in [-0.2, 0) is 14.8 Å². The minimum absolute atomic E-state index is 0.0222. The van der Waals surface area contributed by atoms with Crippen LogP contribution in [0.25, 0.3) is 11.0 Å². The van der Waals surface area contributed by atoms with Crippen molar-refractivity contribution in [3.63, 3.8) is 0 Å². The van der Waals surface area contributed by atoms with Crippen LogP contribution in [0.4, 0.5) is 0 Å². The van der Waals surface area contributed by atoms with E-state index in [2.05, 4.69) is 20.0 Å². The highest BCUT2D eigenvalue weighted by Gasteiger charge is 2.18. The Bertz CT molecular complexity index is 1070. The van der Waals surface area contributed by atoms with Crippen molar-refractivity contribution in [1.29, 1.82) is 0 Å². The maximum absolute atomic E-state index is 12.4. The van der Waals surface area contributed by atoms with E-state index in [1.165, 1.54) is 0 Å². The number of sulfonamides is 1. The lowest BCUT2D eigenvalue weighted by molar-refractivity contribution is -0.121. The van der Waals surface area contributed by atoms with Crippen molar-refractivity contribution in [2.75, 3.05) is 6.54 Å². The van der Waals surface area contributed by atoms with E-state index in [0.717, 1.165) is 16.6 Å². The maximum atomic E-state index is 12.4. The minimum Gasteiger partial charge on any atom is -0.346 e. The van der Waals surface area contributed by atoms with Crippen molar-refractivity contribution in [2.45, 2.75) is 38.1 Å². The van der Waals surface area contributed by atoms with E-state index in [1.807, 2.05) is 44.2 Å². The Labute approximate surface area is 164 Å². The first-order valence-electron chi connectivity index (χ1n) is 9.07. The van der Waals surface area contributed by atoms with Crippen molar-refractivity contribution in [3.05, 3.63) is 59.4 Å². The Morgan fingerprint density at radius 1 is 1.18 bits per heavy atom. The van der Waals surface area contributed by atoms with Gasteiger partial charge in [-0.2, -0.15) is 0 Å². The number of rotatable bonds is 7. The van der Waals surface area contributed by atoms with Crippen molar-refractivity contribution in [2.24, 2.45) is 0 Å². The Morgan fingerprint density at radius 2 is 1.93 bits per heavy atom. The van der Waals surface area contributed by atoms with Crippen molar-refractivity contribution >= 4 is 27.0 Å². The Morgan fingerprint density at radius 3 is 2.64 bits per heavy atom. The number of hydrogen-bond acceptors (Lipinski definition) is 4. The fourth-order valence-corrected chi connectivity index (χ4v) is 4.29. The molecular formula is C20H24N4O3S. The number of amides is 1. The lowest BCUT2D eigenvalue weighted by Crippen LogP contribution is -2.32. The van der Waals surface area contributed by atoms with Crippen LogP contribution in [-0.4, -0.2) is 30.8 Å². The van der Waals surface area contributed by atoms with Crippen LogP contribution in [0.2, 0.25) is 0 Å². The van der Waals surface area contributed by atoms with Crippen LogP contribution in [0.3, 0.4) is 0 Å². The quantitative estimate of drug-likeness (QED) is 0.567. The van der Waals surface area contributed by atoms with Crippen LogP contribution < -0.4 is 10.0 Å². The number of carbonyl (C=O) groups excluding carboxylic acids is 1. The molecule has 0 aliphatic heterocycles. The SMILES string of the molecule is Cc1ccc(S(=O)(=O)NCCC(=O)NC(C)c2nc3ccccc3[nH]2)c(C)c1. The molecule has 1 unspecified atom stereocenters. The van der Waals surface area contributed by atoms with Crippen LogP contribution >= 0.6 is 0 Å². The smallest absolute Gasteiger partial charge is 0.240 e. The number of imidazole rings is 1. The fraction of sp³-hybridized carbons (Fsp3) is 0.300. The number of H-pyrrole nitrogens is 1. The average molecular weight is 401 g/mol. The number of benzene rings is 2. The number of nitrogens with one attached hydrogen (secondary N) is 3. The number of aromatic nitrogens is 2. The molecule has 0 fully saturated rings. The van der Waals surface area contributed by atoms with Crippen LogP contribution in [0, 0.1) is 13.8 Å². The third kappa shape index (κ3) is 4.58. The molecular weight excluding hydrogens is 376 g/mol. The van der Waals surface area contributed by atoms with Crippen LogP contribution in [0.1, 0.15) is 36.3 Å². The molecule has 3 aromatic rings. The zero-order valence-electron chi connectivity index (χ0n) is 16.1. The third-order valence-corrected chi connectivity index (χ3v) is 6.08. The van der Waals surface area contributed by atoms with Gasteiger partial charge in [0.1, 0.15) is 5.82 Å². The van der Waals surface area contributed by atoms with E-state index in [-0.39, 0.29) is 29.8 Å². The first kappa shape index (κ1) is 20.0. The van der Waals surface area contributed by atoms with Gasteiger partial charge in [0.25, 0.3) is 0 Å². The highest BCUT2D eigenvalue weighted by atomic mass is 32.2. The number of nitrogens with zero attached hydrogens (tertiary/aromatic N) is 1. The van der Waals surface area contributed by atoms with E-state index in [0.29, 0.717) is 11.4 Å². The third-order valence-electron chi connectivity index (χ3n) is 4.46. The number of carbonyl (C=O) groups is 1. The summed E-state index contributed by atoms with van der Waals surface area (Å²) in [6, 6.07) is 12.5. The molecule has 28 heavy (non-hydrogen) atoms. The predicted octanol–water partition coefficient (Wildman–Crippen LogP) is 2.73. The Hall–Kier alpha value is -2.71. The second-order valence-electron chi connectivity index (χ2n) is 6.85. The van der Waals surface area contributed by atoms with Gasteiger partial charge in [0.05, 0.1) is 22.0 Å². The van der Waals surface area contributed by atoms with E-state index in [1.54, 1.807) is 19.1 Å². The molecule has 7 nitrogen and oxygen atoms in total. The maximum Gasteiger partial charge on any atom is 0.240 e. The van der Waals surface area contributed by atoms with E-state index in [9.17, 15) is 13.2 Å².